The molecule has 3 rings (SSSR count). The summed E-state index contributed by atoms with van der Waals surface area (Å²) in [6.07, 6.45) is 0. The Balaban J connectivity index is 2.02. The first-order chi connectivity index (χ1) is 7.36. The highest BCUT2D eigenvalue weighted by Crippen LogP contribution is 2.38. The van der Waals surface area contributed by atoms with Gasteiger partial charge in [-0.25, -0.2) is 0 Å². The monoisotopic (exact) mass is 218 g/mol. The molecule has 0 spiro atoms. The topological polar surface area (TPSA) is 35.8 Å². The Kier molecular flexibility index (Phi) is 1.95. The zero-order valence-electron chi connectivity index (χ0n) is 8.05. The summed E-state index contributed by atoms with van der Waals surface area (Å²) >= 11 is 1.63. The molecule has 3 nitrogen and oxygen atoms in total. The van der Waals surface area contributed by atoms with Crippen molar-refractivity contribution < 1.29 is 5.11 Å². The smallest absolute Gasteiger partial charge is 0.168 e. The van der Waals surface area contributed by atoms with E-state index in [4.69, 9.17) is 0 Å². The van der Waals surface area contributed by atoms with Gasteiger partial charge >= 0.3 is 0 Å². The summed E-state index contributed by atoms with van der Waals surface area (Å²) in [6.45, 7) is 1.77. The van der Waals surface area contributed by atoms with Gasteiger partial charge in [-0.2, -0.15) is 0 Å². The number of phenols is 1. The van der Waals surface area contributed by atoms with Crippen LogP contribution in [-0.2, 0) is 0 Å². The van der Waals surface area contributed by atoms with Crippen molar-refractivity contribution in [3.8, 4) is 5.75 Å². The molecule has 2 heterocycles. The average molecular weight is 218 g/mol. The SMILES string of the molecule is Oc1ccccc1C1=CSC2=NCCN12. The molecule has 15 heavy (non-hydrogen) atoms. The molecule has 2 aliphatic heterocycles. The second-order valence-corrected chi connectivity index (χ2v) is 4.29. The van der Waals surface area contributed by atoms with Gasteiger partial charge in [0.2, 0.25) is 0 Å². The standard InChI is InChI=1S/C11H10N2OS/c14-10-4-2-1-3-8(10)9-7-15-11-12-5-6-13(9)11/h1-4,7,14H,5-6H2. The molecule has 0 aliphatic carbocycles. The molecule has 0 radical (unpaired) electrons. The summed E-state index contributed by atoms with van der Waals surface area (Å²) < 4.78 is 0. The molecule has 1 aromatic carbocycles. The maximum atomic E-state index is 9.77. The lowest BCUT2D eigenvalue weighted by Gasteiger charge is -2.17. The van der Waals surface area contributed by atoms with Gasteiger partial charge in [-0.3, -0.25) is 4.99 Å². The quantitative estimate of drug-likeness (QED) is 0.784. The van der Waals surface area contributed by atoms with E-state index in [-0.39, 0.29) is 0 Å². The van der Waals surface area contributed by atoms with Crippen LogP contribution in [0.25, 0.3) is 5.70 Å². The lowest BCUT2D eigenvalue weighted by Crippen LogP contribution is -2.19. The molecule has 0 saturated carbocycles. The summed E-state index contributed by atoms with van der Waals surface area (Å²) in [5, 5.41) is 12.9. The van der Waals surface area contributed by atoms with E-state index >= 15 is 0 Å². The highest BCUT2D eigenvalue weighted by molar-refractivity contribution is 8.16. The van der Waals surface area contributed by atoms with E-state index in [0.717, 1.165) is 29.5 Å². The zero-order chi connectivity index (χ0) is 10.3. The lowest BCUT2D eigenvalue weighted by atomic mass is 10.1. The number of rotatable bonds is 1. The number of fused-ring (bicyclic) bond motifs is 1. The Morgan fingerprint density at radius 3 is 3.07 bits per heavy atom. The van der Waals surface area contributed by atoms with E-state index in [1.54, 1.807) is 17.8 Å². The minimum atomic E-state index is 0.331. The van der Waals surface area contributed by atoms with Gasteiger partial charge < -0.3 is 10.0 Å². The predicted molar refractivity (Wildman–Crippen MR) is 62.7 cm³/mol. The molecule has 0 amide bonds. The van der Waals surface area contributed by atoms with Crippen LogP contribution in [0.4, 0.5) is 0 Å². The second kappa shape index (κ2) is 3.31. The predicted octanol–water partition coefficient (Wildman–Crippen LogP) is 2.11. The Labute approximate surface area is 92.1 Å². The van der Waals surface area contributed by atoms with E-state index < -0.39 is 0 Å². The number of thioether (sulfide) groups is 1. The van der Waals surface area contributed by atoms with Crippen LogP contribution in [0.5, 0.6) is 5.75 Å². The molecule has 76 valence electrons. The Hall–Kier alpha value is -1.42. The molecule has 0 bridgehead atoms. The Bertz CT molecular complexity index is 467. The van der Waals surface area contributed by atoms with Crippen molar-refractivity contribution in [2.45, 2.75) is 0 Å². The van der Waals surface area contributed by atoms with Crippen LogP contribution < -0.4 is 0 Å². The van der Waals surface area contributed by atoms with Gasteiger partial charge in [0.15, 0.2) is 5.17 Å². The summed E-state index contributed by atoms with van der Waals surface area (Å²) in [6, 6.07) is 7.42. The van der Waals surface area contributed by atoms with Gasteiger partial charge in [0.1, 0.15) is 5.75 Å². The normalized spacial score (nSPS) is 18.8. The minimum absolute atomic E-state index is 0.331. The first kappa shape index (κ1) is 8.85. The Morgan fingerprint density at radius 1 is 1.33 bits per heavy atom. The van der Waals surface area contributed by atoms with Crippen LogP contribution in [0.15, 0.2) is 34.7 Å². The van der Waals surface area contributed by atoms with E-state index in [1.807, 2.05) is 23.6 Å². The van der Waals surface area contributed by atoms with E-state index in [1.165, 1.54) is 0 Å². The Morgan fingerprint density at radius 2 is 2.20 bits per heavy atom. The number of phenolic OH excluding ortho intramolecular Hbond substituents is 1. The van der Waals surface area contributed by atoms with E-state index in [2.05, 4.69) is 9.89 Å². The van der Waals surface area contributed by atoms with Gasteiger partial charge in [0, 0.05) is 17.5 Å². The number of amidine groups is 1. The number of benzene rings is 1. The van der Waals surface area contributed by atoms with Crippen molar-refractivity contribution in [3.63, 3.8) is 0 Å². The maximum absolute atomic E-state index is 9.77. The third kappa shape index (κ3) is 1.33. The largest absolute Gasteiger partial charge is 0.507 e. The summed E-state index contributed by atoms with van der Waals surface area (Å²) in [5.74, 6) is 0.331. The summed E-state index contributed by atoms with van der Waals surface area (Å²) in [7, 11) is 0. The van der Waals surface area contributed by atoms with E-state index in [9.17, 15) is 5.11 Å². The third-order valence-corrected chi connectivity index (χ3v) is 3.45. The average Bonchev–Trinajstić information content (AvgIpc) is 2.80. The summed E-state index contributed by atoms with van der Waals surface area (Å²) in [5.41, 5.74) is 1.95. The van der Waals surface area contributed by atoms with Crippen molar-refractivity contribution in [1.82, 2.24) is 4.90 Å². The molecule has 1 N–H and O–H groups in total. The second-order valence-electron chi connectivity index (χ2n) is 3.45. The first-order valence-corrected chi connectivity index (χ1v) is 5.71. The molecule has 0 aromatic heterocycles. The highest BCUT2D eigenvalue weighted by atomic mass is 32.2. The van der Waals surface area contributed by atoms with Gasteiger partial charge in [-0.05, 0) is 12.1 Å². The molecular formula is C11H10N2OS. The fourth-order valence-electron chi connectivity index (χ4n) is 1.82. The molecule has 0 unspecified atom stereocenters. The molecule has 1 aromatic rings. The van der Waals surface area contributed by atoms with Gasteiger partial charge in [0.05, 0.1) is 12.2 Å². The van der Waals surface area contributed by atoms with E-state index in [0.29, 0.717) is 5.75 Å². The van der Waals surface area contributed by atoms with Crippen LogP contribution in [0.3, 0.4) is 0 Å². The van der Waals surface area contributed by atoms with Crippen molar-refractivity contribution in [1.29, 1.82) is 0 Å². The number of nitrogens with zero attached hydrogens (tertiary/aromatic N) is 2. The van der Waals surface area contributed by atoms with Crippen LogP contribution in [0, 0.1) is 0 Å². The van der Waals surface area contributed by atoms with Crippen LogP contribution in [0.1, 0.15) is 5.56 Å². The van der Waals surface area contributed by atoms with Crippen LogP contribution in [0.2, 0.25) is 0 Å². The molecular weight excluding hydrogens is 208 g/mol. The maximum Gasteiger partial charge on any atom is 0.168 e. The lowest BCUT2D eigenvalue weighted by molar-refractivity contribution is 0.471. The van der Waals surface area contributed by atoms with Crippen LogP contribution >= 0.6 is 11.8 Å². The molecule has 2 aliphatic rings. The number of aliphatic imine (C=N–C) groups is 1. The van der Waals surface area contributed by atoms with Crippen molar-refractivity contribution in [3.05, 3.63) is 35.2 Å². The number of hydrogen-bond donors (Lipinski definition) is 1. The van der Waals surface area contributed by atoms with Gasteiger partial charge in [0.25, 0.3) is 0 Å². The highest BCUT2D eigenvalue weighted by Gasteiger charge is 2.28. The van der Waals surface area contributed by atoms with Crippen molar-refractivity contribution in [2.75, 3.05) is 13.1 Å². The van der Waals surface area contributed by atoms with Crippen molar-refractivity contribution in [2.24, 2.45) is 4.99 Å². The fraction of sp³-hybridized carbons (Fsp3) is 0.182. The minimum Gasteiger partial charge on any atom is -0.507 e. The fourth-order valence-corrected chi connectivity index (χ4v) is 2.78. The summed E-state index contributed by atoms with van der Waals surface area (Å²) in [4.78, 5) is 6.53. The van der Waals surface area contributed by atoms with Gasteiger partial charge in [-0.15, -0.1) is 0 Å². The number of hydrogen-bond acceptors (Lipinski definition) is 4. The van der Waals surface area contributed by atoms with Gasteiger partial charge in [-0.1, -0.05) is 23.9 Å². The first-order valence-electron chi connectivity index (χ1n) is 4.83. The van der Waals surface area contributed by atoms with Crippen molar-refractivity contribution >= 4 is 22.6 Å². The molecule has 0 saturated heterocycles. The zero-order valence-corrected chi connectivity index (χ0v) is 8.87. The molecule has 4 heteroatoms. The number of para-hydroxylation sites is 1. The number of aromatic hydroxyl groups is 1. The molecule has 0 atom stereocenters. The third-order valence-electron chi connectivity index (χ3n) is 2.55. The van der Waals surface area contributed by atoms with Crippen LogP contribution in [-0.4, -0.2) is 28.3 Å². The molecule has 0 fully saturated rings.